The lowest BCUT2D eigenvalue weighted by Crippen LogP contribution is -2.39. The third kappa shape index (κ3) is 5.61. The first-order valence-corrected chi connectivity index (χ1v) is 5.59. The van der Waals surface area contributed by atoms with Crippen molar-refractivity contribution < 1.29 is 5.11 Å². The molecular weight excluding hydrogens is 174 g/mol. The summed E-state index contributed by atoms with van der Waals surface area (Å²) in [5.74, 6) is 0.740. The summed E-state index contributed by atoms with van der Waals surface area (Å²) in [6.45, 7) is 12.2. The third-order valence-corrected chi connectivity index (χ3v) is 2.67. The van der Waals surface area contributed by atoms with E-state index in [1.807, 2.05) is 0 Å². The summed E-state index contributed by atoms with van der Waals surface area (Å²) >= 11 is 0. The van der Waals surface area contributed by atoms with E-state index in [9.17, 15) is 5.11 Å². The molecule has 1 unspecified atom stereocenters. The highest BCUT2D eigenvalue weighted by Crippen LogP contribution is 2.18. The van der Waals surface area contributed by atoms with Gasteiger partial charge in [-0.2, -0.15) is 0 Å². The number of hydrogen-bond acceptors (Lipinski definition) is 2. The normalized spacial score (nSPS) is 15.2. The van der Waals surface area contributed by atoms with Crippen molar-refractivity contribution in [1.82, 2.24) is 4.90 Å². The predicted molar refractivity (Wildman–Crippen MR) is 62.4 cm³/mol. The summed E-state index contributed by atoms with van der Waals surface area (Å²) in [4.78, 5) is 2.34. The average molecular weight is 201 g/mol. The lowest BCUT2D eigenvalue weighted by molar-refractivity contribution is 0.0933. The van der Waals surface area contributed by atoms with Crippen molar-refractivity contribution in [3.63, 3.8) is 0 Å². The van der Waals surface area contributed by atoms with Crippen molar-refractivity contribution in [2.45, 2.75) is 47.1 Å². The molecule has 2 nitrogen and oxygen atoms in total. The second-order valence-corrected chi connectivity index (χ2v) is 5.72. The van der Waals surface area contributed by atoms with Gasteiger partial charge in [0.25, 0.3) is 0 Å². The Kier molecular flexibility index (Phi) is 5.68. The standard InChI is InChI=1S/C12H27NO/c1-10(2)7-11(3)13(6)8-12(4,5)9-14/h10-11,14H,7-9H2,1-6H3. The van der Waals surface area contributed by atoms with Gasteiger partial charge in [0.1, 0.15) is 0 Å². The van der Waals surface area contributed by atoms with Crippen molar-refractivity contribution >= 4 is 0 Å². The summed E-state index contributed by atoms with van der Waals surface area (Å²) in [7, 11) is 2.14. The van der Waals surface area contributed by atoms with E-state index in [0.717, 1.165) is 12.5 Å². The minimum Gasteiger partial charge on any atom is -0.396 e. The van der Waals surface area contributed by atoms with Gasteiger partial charge in [0.15, 0.2) is 0 Å². The quantitative estimate of drug-likeness (QED) is 0.713. The zero-order valence-corrected chi connectivity index (χ0v) is 10.7. The third-order valence-electron chi connectivity index (χ3n) is 2.67. The molecule has 86 valence electrons. The van der Waals surface area contributed by atoms with Crippen molar-refractivity contribution in [3.05, 3.63) is 0 Å². The summed E-state index contributed by atoms with van der Waals surface area (Å²) in [6.07, 6.45) is 1.22. The first kappa shape index (κ1) is 13.9. The molecule has 2 heteroatoms. The van der Waals surface area contributed by atoms with Gasteiger partial charge in [-0.15, -0.1) is 0 Å². The molecule has 1 N–H and O–H groups in total. The molecule has 0 aromatic heterocycles. The van der Waals surface area contributed by atoms with Crippen LogP contribution >= 0.6 is 0 Å². The van der Waals surface area contributed by atoms with Gasteiger partial charge in [-0.3, -0.25) is 0 Å². The van der Waals surface area contributed by atoms with E-state index in [4.69, 9.17) is 0 Å². The molecule has 14 heavy (non-hydrogen) atoms. The SMILES string of the molecule is CC(C)CC(C)N(C)CC(C)(C)CO. The van der Waals surface area contributed by atoms with Crippen LogP contribution in [0.25, 0.3) is 0 Å². The van der Waals surface area contributed by atoms with E-state index in [-0.39, 0.29) is 12.0 Å². The number of nitrogens with zero attached hydrogens (tertiary/aromatic N) is 1. The lowest BCUT2D eigenvalue weighted by Gasteiger charge is -2.33. The molecule has 0 aliphatic rings. The Labute approximate surface area is 89.3 Å². The van der Waals surface area contributed by atoms with E-state index < -0.39 is 0 Å². The van der Waals surface area contributed by atoms with Crippen LogP contribution in [0.2, 0.25) is 0 Å². The topological polar surface area (TPSA) is 23.5 Å². The molecule has 0 amide bonds. The minimum absolute atomic E-state index is 0.0139. The number of hydrogen-bond donors (Lipinski definition) is 1. The van der Waals surface area contributed by atoms with Crippen LogP contribution in [-0.2, 0) is 0 Å². The molecule has 0 rings (SSSR count). The van der Waals surface area contributed by atoms with Crippen LogP contribution in [-0.4, -0.2) is 36.2 Å². The molecule has 0 fully saturated rings. The highest BCUT2D eigenvalue weighted by atomic mass is 16.3. The van der Waals surface area contributed by atoms with Gasteiger partial charge < -0.3 is 10.0 Å². The monoisotopic (exact) mass is 201 g/mol. The molecule has 0 bridgehead atoms. The summed E-state index contributed by atoms with van der Waals surface area (Å²) in [5, 5.41) is 9.18. The van der Waals surface area contributed by atoms with Gasteiger partial charge >= 0.3 is 0 Å². The maximum atomic E-state index is 9.18. The van der Waals surface area contributed by atoms with Crippen molar-refractivity contribution in [2.75, 3.05) is 20.2 Å². The van der Waals surface area contributed by atoms with Gasteiger partial charge in [-0.05, 0) is 26.3 Å². The molecule has 0 heterocycles. The van der Waals surface area contributed by atoms with Crippen molar-refractivity contribution in [1.29, 1.82) is 0 Å². The Balaban J connectivity index is 4.00. The summed E-state index contributed by atoms with van der Waals surface area (Å²) < 4.78 is 0. The van der Waals surface area contributed by atoms with Crippen LogP contribution in [0.15, 0.2) is 0 Å². The average Bonchev–Trinajstić information content (AvgIpc) is 2.02. The number of rotatable bonds is 6. The number of aliphatic hydroxyl groups is 1. The van der Waals surface area contributed by atoms with Gasteiger partial charge in [0.05, 0.1) is 0 Å². The van der Waals surface area contributed by atoms with E-state index in [1.54, 1.807) is 0 Å². The molecule has 0 aromatic carbocycles. The zero-order valence-electron chi connectivity index (χ0n) is 10.7. The zero-order chi connectivity index (χ0) is 11.4. The fraction of sp³-hybridized carbons (Fsp3) is 1.00. The molecule has 0 aliphatic carbocycles. The Hall–Kier alpha value is -0.0800. The van der Waals surface area contributed by atoms with Gasteiger partial charge in [0.2, 0.25) is 0 Å². The van der Waals surface area contributed by atoms with Crippen LogP contribution in [0, 0.1) is 11.3 Å². The molecule has 0 spiro atoms. The van der Waals surface area contributed by atoms with Crippen molar-refractivity contribution in [2.24, 2.45) is 11.3 Å². The summed E-state index contributed by atoms with van der Waals surface area (Å²) in [5.41, 5.74) is 0.0139. The molecule has 0 radical (unpaired) electrons. The van der Waals surface area contributed by atoms with E-state index >= 15 is 0 Å². The van der Waals surface area contributed by atoms with Crippen LogP contribution < -0.4 is 0 Å². The highest BCUT2D eigenvalue weighted by Gasteiger charge is 2.21. The van der Waals surface area contributed by atoms with Crippen molar-refractivity contribution in [3.8, 4) is 0 Å². The highest BCUT2D eigenvalue weighted by molar-refractivity contribution is 4.74. The second-order valence-electron chi connectivity index (χ2n) is 5.72. The molecule has 0 saturated carbocycles. The molecule has 0 saturated heterocycles. The maximum Gasteiger partial charge on any atom is 0.0494 e. The predicted octanol–water partition coefficient (Wildman–Crippen LogP) is 2.37. The van der Waals surface area contributed by atoms with E-state index in [1.165, 1.54) is 6.42 Å². The molecular formula is C12H27NO. The number of aliphatic hydroxyl groups excluding tert-OH is 1. The van der Waals surface area contributed by atoms with Crippen LogP contribution in [0.5, 0.6) is 0 Å². The lowest BCUT2D eigenvalue weighted by atomic mass is 9.93. The fourth-order valence-corrected chi connectivity index (χ4v) is 1.74. The van der Waals surface area contributed by atoms with E-state index in [0.29, 0.717) is 6.04 Å². The largest absolute Gasteiger partial charge is 0.396 e. The Morgan fingerprint density at radius 2 is 1.71 bits per heavy atom. The first-order valence-electron chi connectivity index (χ1n) is 5.59. The first-order chi connectivity index (χ1) is 6.28. The Morgan fingerprint density at radius 3 is 2.07 bits per heavy atom. The van der Waals surface area contributed by atoms with Gasteiger partial charge in [-0.1, -0.05) is 27.7 Å². The van der Waals surface area contributed by atoms with Gasteiger partial charge in [-0.25, -0.2) is 0 Å². The van der Waals surface area contributed by atoms with Crippen LogP contribution in [0.1, 0.15) is 41.0 Å². The molecule has 1 atom stereocenters. The Bertz CT molecular complexity index is 154. The summed E-state index contributed by atoms with van der Waals surface area (Å²) in [6, 6.07) is 0.598. The smallest absolute Gasteiger partial charge is 0.0494 e. The van der Waals surface area contributed by atoms with Crippen LogP contribution in [0.3, 0.4) is 0 Å². The van der Waals surface area contributed by atoms with E-state index in [2.05, 4.69) is 46.6 Å². The second kappa shape index (κ2) is 5.72. The molecule has 0 aromatic rings. The fourth-order valence-electron chi connectivity index (χ4n) is 1.74. The maximum absolute atomic E-state index is 9.18. The van der Waals surface area contributed by atoms with Gasteiger partial charge in [0, 0.05) is 24.6 Å². The Morgan fingerprint density at radius 1 is 1.21 bits per heavy atom. The van der Waals surface area contributed by atoms with Crippen LogP contribution in [0.4, 0.5) is 0 Å². The molecule has 0 aliphatic heterocycles. The minimum atomic E-state index is 0.0139.